The summed E-state index contributed by atoms with van der Waals surface area (Å²) in [5, 5.41) is 14.0. The van der Waals surface area contributed by atoms with Crippen molar-refractivity contribution in [3.8, 4) is 5.75 Å². The molecule has 1 aliphatic carbocycles. The molecule has 1 amide bonds. The first-order valence-electron chi connectivity index (χ1n) is 12.0. The highest BCUT2D eigenvalue weighted by atomic mass is 32.2. The predicted octanol–water partition coefficient (Wildman–Crippen LogP) is 4.62. The quantitative estimate of drug-likeness (QED) is 0.317. The monoisotopic (exact) mass is 511 g/mol. The third-order valence-electron chi connectivity index (χ3n) is 6.03. The number of nitrogens with zero attached hydrogens (tertiary/aromatic N) is 4. The number of hydrogen-bond donors (Lipinski definition) is 3. The van der Waals surface area contributed by atoms with Gasteiger partial charge in [0, 0.05) is 49.0 Å². The summed E-state index contributed by atoms with van der Waals surface area (Å²) in [7, 11) is 5.19. The molecule has 1 saturated carbocycles. The lowest BCUT2D eigenvalue weighted by atomic mass is 10.1. The fourth-order valence-electron chi connectivity index (χ4n) is 4.08. The number of rotatable bonds is 11. The zero-order valence-electron chi connectivity index (χ0n) is 21.1. The van der Waals surface area contributed by atoms with Crippen molar-refractivity contribution < 1.29 is 14.3 Å². The van der Waals surface area contributed by atoms with Gasteiger partial charge < -0.3 is 25.0 Å². The third-order valence-corrected chi connectivity index (χ3v) is 6.91. The van der Waals surface area contributed by atoms with Crippen molar-refractivity contribution in [1.29, 1.82) is 0 Å². The average Bonchev–Trinajstić information content (AvgIpc) is 3.56. The zero-order valence-corrected chi connectivity index (χ0v) is 21.9. The van der Waals surface area contributed by atoms with E-state index in [2.05, 4.69) is 20.8 Å². The van der Waals surface area contributed by atoms with Crippen molar-refractivity contribution in [3.63, 3.8) is 0 Å². The molecule has 2 heterocycles. The van der Waals surface area contributed by atoms with Crippen LogP contribution in [0, 0.1) is 12.8 Å². The van der Waals surface area contributed by atoms with Crippen LogP contribution in [0.15, 0.2) is 40.4 Å². The minimum atomic E-state index is 0.111. The number of ether oxygens (including phenoxy) is 2. The van der Waals surface area contributed by atoms with Crippen LogP contribution in [0.1, 0.15) is 31.4 Å². The van der Waals surface area contributed by atoms with E-state index in [0.29, 0.717) is 41.5 Å². The Bertz CT molecular complexity index is 1160. The molecular weight excluding hydrogens is 478 g/mol. The normalized spacial score (nSPS) is 13.6. The Balaban J connectivity index is 1.56. The first-order valence-corrected chi connectivity index (χ1v) is 12.8. The second-order valence-corrected chi connectivity index (χ2v) is 9.82. The maximum atomic E-state index is 12.4. The van der Waals surface area contributed by atoms with E-state index in [1.807, 2.05) is 49.2 Å². The molecule has 1 aliphatic rings. The van der Waals surface area contributed by atoms with Crippen LogP contribution in [-0.4, -0.2) is 60.5 Å². The third kappa shape index (κ3) is 6.46. The Morgan fingerprint density at radius 2 is 1.94 bits per heavy atom. The summed E-state index contributed by atoms with van der Waals surface area (Å²) < 4.78 is 10.9. The van der Waals surface area contributed by atoms with E-state index in [1.165, 1.54) is 11.8 Å². The van der Waals surface area contributed by atoms with Crippen LogP contribution < -0.4 is 20.3 Å². The highest BCUT2D eigenvalue weighted by molar-refractivity contribution is 7.99. The lowest BCUT2D eigenvalue weighted by Gasteiger charge is -2.22. The van der Waals surface area contributed by atoms with Gasteiger partial charge in [0.1, 0.15) is 0 Å². The number of likely N-dealkylation sites (N-methyl/N-ethyl adjacent to an activating group) is 1. The Labute approximate surface area is 215 Å². The van der Waals surface area contributed by atoms with E-state index >= 15 is 0 Å². The molecule has 3 aromatic rings. The summed E-state index contributed by atoms with van der Waals surface area (Å²) in [5.74, 6) is 2.55. The Morgan fingerprint density at radius 3 is 2.58 bits per heavy atom. The number of aryl methyl sites for hydroxylation is 1. The van der Waals surface area contributed by atoms with E-state index < -0.39 is 0 Å². The second-order valence-electron chi connectivity index (χ2n) is 8.78. The molecule has 2 aromatic heterocycles. The van der Waals surface area contributed by atoms with Crippen molar-refractivity contribution in [3.05, 3.63) is 36.0 Å². The van der Waals surface area contributed by atoms with E-state index in [0.717, 1.165) is 42.0 Å². The van der Waals surface area contributed by atoms with Crippen LogP contribution in [0.4, 0.5) is 23.1 Å². The zero-order chi connectivity index (χ0) is 25.5. The number of nitrogens with one attached hydrogen (secondary N) is 3. The summed E-state index contributed by atoms with van der Waals surface area (Å²) in [6.45, 7) is 3.10. The molecule has 0 spiro atoms. The van der Waals surface area contributed by atoms with Gasteiger partial charge in [-0.15, -0.1) is 0 Å². The fraction of sp³-hybridized carbons (Fsp3) is 0.440. The molecule has 0 unspecified atom stereocenters. The van der Waals surface area contributed by atoms with Crippen LogP contribution in [0.3, 0.4) is 0 Å². The number of anilines is 4. The van der Waals surface area contributed by atoms with Gasteiger partial charge in [0.2, 0.25) is 11.7 Å². The average molecular weight is 512 g/mol. The molecule has 0 saturated heterocycles. The van der Waals surface area contributed by atoms with E-state index in [-0.39, 0.29) is 11.8 Å². The minimum absolute atomic E-state index is 0.111. The lowest BCUT2D eigenvalue weighted by Crippen LogP contribution is -2.24. The molecule has 0 atom stereocenters. The molecule has 11 heteroatoms. The second kappa shape index (κ2) is 12.1. The number of carbonyl (C=O) groups is 1. The number of hydrogen-bond acceptors (Lipinski definition) is 9. The number of methoxy groups -OCH3 is 2. The number of aromatic amines is 1. The first kappa shape index (κ1) is 25.8. The summed E-state index contributed by atoms with van der Waals surface area (Å²) in [5.41, 5.74) is 1.72. The fourth-order valence-corrected chi connectivity index (χ4v) is 4.83. The smallest absolute Gasteiger partial charge is 0.227 e. The predicted molar refractivity (Wildman–Crippen MR) is 141 cm³/mol. The van der Waals surface area contributed by atoms with Crippen LogP contribution in [0.25, 0.3) is 0 Å². The van der Waals surface area contributed by atoms with Gasteiger partial charge in [-0.2, -0.15) is 5.10 Å². The number of benzene rings is 1. The highest BCUT2D eigenvalue weighted by Gasteiger charge is 2.23. The standard InChI is InChI=1S/C25H33N7O3S/c1-16-15-20(31-30-16)27-22-21(35-4)23(32(2)13-14-34-3)29-25(28-22)36-19-11-9-18(10-12-19)26-24(33)17-7-5-6-8-17/h9-12,15,17H,5-8,13-14H2,1-4H3,(H,26,33)(H2,27,28,29,30,31). The number of H-pyrrole nitrogens is 1. The van der Waals surface area contributed by atoms with Gasteiger partial charge in [0.25, 0.3) is 0 Å². The molecule has 1 fully saturated rings. The van der Waals surface area contributed by atoms with Gasteiger partial charge in [-0.05, 0) is 55.8 Å². The summed E-state index contributed by atoms with van der Waals surface area (Å²) in [4.78, 5) is 24.9. The molecule has 192 valence electrons. The van der Waals surface area contributed by atoms with Gasteiger partial charge in [0.05, 0.1) is 13.7 Å². The topological polar surface area (TPSA) is 117 Å². The molecule has 0 bridgehead atoms. The largest absolute Gasteiger partial charge is 0.490 e. The maximum absolute atomic E-state index is 12.4. The van der Waals surface area contributed by atoms with Crippen molar-refractivity contribution in [1.82, 2.24) is 20.2 Å². The van der Waals surface area contributed by atoms with Crippen molar-refractivity contribution in [2.24, 2.45) is 5.92 Å². The van der Waals surface area contributed by atoms with E-state index in [4.69, 9.17) is 19.4 Å². The first-order chi connectivity index (χ1) is 17.5. The van der Waals surface area contributed by atoms with Gasteiger partial charge in [-0.1, -0.05) is 12.8 Å². The molecule has 36 heavy (non-hydrogen) atoms. The summed E-state index contributed by atoms with van der Waals surface area (Å²) in [6, 6.07) is 9.63. The molecule has 4 rings (SSSR count). The molecule has 1 aromatic carbocycles. The number of carbonyl (C=O) groups excluding carboxylic acids is 1. The highest BCUT2D eigenvalue weighted by Crippen LogP contribution is 2.37. The Hall–Kier alpha value is -3.31. The van der Waals surface area contributed by atoms with Crippen molar-refractivity contribution >= 4 is 40.8 Å². The van der Waals surface area contributed by atoms with E-state index in [9.17, 15) is 4.79 Å². The van der Waals surface area contributed by atoms with Gasteiger partial charge in [-0.25, -0.2) is 9.97 Å². The molecule has 0 radical (unpaired) electrons. The summed E-state index contributed by atoms with van der Waals surface area (Å²) >= 11 is 1.43. The minimum Gasteiger partial charge on any atom is -0.490 e. The van der Waals surface area contributed by atoms with Gasteiger partial charge in [-0.3, -0.25) is 9.89 Å². The molecule has 3 N–H and O–H groups in total. The van der Waals surface area contributed by atoms with Crippen LogP contribution in [-0.2, 0) is 9.53 Å². The number of amides is 1. The van der Waals surface area contributed by atoms with Crippen molar-refractivity contribution in [2.75, 3.05) is 50.0 Å². The van der Waals surface area contributed by atoms with Crippen LogP contribution >= 0.6 is 11.8 Å². The maximum Gasteiger partial charge on any atom is 0.227 e. The SMILES string of the molecule is COCCN(C)c1nc(Sc2ccc(NC(=O)C3CCCC3)cc2)nc(Nc2cc(C)[nH]n2)c1OC. The van der Waals surface area contributed by atoms with Gasteiger partial charge >= 0.3 is 0 Å². The lowest BCUT2D eigenvalue weighted by molar-refractivity contribution is -0.119. The Kier molecular flexibility index (Phi) is 8.65. The van der Waals surface area contributed by atoms with Crippen LogP contribution in [0.2, 0.25) is 0 Å². The Morgan fingerprint density at radius 1 is 1.19 bits per heavy atom. The van der Waals surface area contributed by atoms with Gasteiger partial charge in [0.15, 0.2) is 22.6 Å². The molecule has 10 nitrogen and oxygen atoms in total. The van der Waals surface area contributed by atoms with Crippen molar-refractivity contribution in [2.45, 2.75) is 42.7 Å². The molecular formula is C25H33N7O3S. The molecule has 0 aliphatic heterocycles. The van der Waals surface area contributed by atoms with Crippen LogP contribution in [0.5, 0.6) is 5.75 Å². The van der Waals surface area contributed by atoms with E-state index in [1.54, 1.807) is 14.2 Å². The summed E-state index contributed by atoms with van der Waals surface area (Å²) in [6.07, 6.45) is 4.22. The number of aromatic nitrogens is 4.